The van der Waals surface area contributed by atoms with Crippen molar-refractivity contribution < 1.29 is 22.8 Å². The van der Waals surface area contributed by atoms with Crippen LogP contribution in [0.5, 0.6) is 11.6 Å². The van der Waals surface area contributed by atoms with E-state index in [-0.39, 0.29) is 17.2 Å². The van der Waals surface area contributed by atoms with Crippen LogP contribution in [-0.4, -0.2) is 14.7 Å². The number of rotatable bonds is 3. The topological polar surface area (TPSA) is 94.0 Å². The van der Waals surface area contributed by atoms with Gasteiger partial charge in [-0.25, -0.2) is 4.68 Å². The number of aryl methyl sites for hydroxylation is 1. The molecule has 0 spiro atoms. The van der Waals surface area contributed by atoms with Crippen molar-refractivity contribution in [3.05, 3.63) is 45.6 Å². The maximum absolute atomic E-state index is 12.6. The van der Waals surface area contributed by atoms with Gasteiger partial charge in [-0.15, -0.1) is 0 Å². The fourth-order valence-electron chi connectivity index (χ4n) is 1.61. The van der Waals surface area contributed by atoms with E-state index in [1.165, 1.54) is 13.1 Å². The van der Waals surface area contributed by atoms with Crippen molar-refractivity contribution in [2.75, 3.05) is 0 Å². The van der Waals surface area contributed by atoms with Gasteiger partial charge in [0.25, 0.3) is 0 Å². The van der Waals surface area contributed by atoms with Gasteiger partial charge in [-0.1, -0.05) is 0 Å². The third kappa shape index (κ3) is 2.98. The largest absolute Gasteiger partial charge is 0.435 e. The third-order valence-corrected chi connectivity index (χ3v) is 2.63. The maximum Gasteiger partial charge on any atom is 0.435 e. The summed E-state index contributed by atoms with van der Waals surface area (Å²) in [6, 6.07) is 5.68. The zero-order valence-corrected chi connectivity index (χ0v) is 11.0. The van der Waals surface area contributed by atoms with Gasteiger partial charge in [0.15, 0.2) is 5.69 Å². The molecule has 1 heterocycles. The Morgan fingerprint density at radius 2 is 2.09 bits per heavy atom. The number of nitro benzene ring substituents is 1. The van der Waals surface area contributed by atoms with Crippen molar-refractivity contribution in [1.29, 1.82) is 5.26 Å². The molecule has 7 nitrogen and oxygen atoms in total. The minimum atomic E-state index is -4.67. The molecule has 0 atom stereocenters. The Balaban J connectivity index is 2.45. The van der Waals surface area contributed by atoms with Gasteiger partial charge in [-0.05, 0) is 6.07 Å². The van der Waals surface area contributed by atoms with Gasteiger partial charge in [-0.2, -0.15) is 23.5 Å². The quantitative estimate of drug-likeness (QED) is 0.641. The molecule has 0 saturated heterocycles. The second kappa shape index (κ2) is 5.36. The van der Waals surface area contributed by atoms with E-state index in [2.05, 4.69) is 5.10 Å². The van der Waals surface area contributed by atoms with Crippen molar-refractivity contribution in [2.24, 2.45) is 7.05 Å². The molecule has 0 aliphatic rings. The minimum Gasteiger partial charge on any atom is -0.432 e. The van der Waals surface area contributed by atoms with Crippen LogP contribution < -0.4 is 4.74 Å². The lowest BCUT2D eigenvalue weighted by Crippen LogP contribution is -2.06. The molecule has 0 aliphatic heterocycles. The molecule has 1 aromatic heterocycles. The molecule has 0 unspecified atom stereocenters. The molecule has 1 aromatic carbocycles. The van der Waals surface area contributed by atoms with Crippen molar-refractivity contribution in [3.8, 4) is 17.7 Å². The van der Waals surface area contributed by atoms with E-state index in [1.54, 1.807) is 6.07 Å². The Bertz CT molecular complexity index is 777. The van der Waals surface area contributed by atoms with Gasteiger partial charge in [0.1, 0.15) is 0 Å². The van der Waals surface area contributed by atoms with Crippen LogP contribution in [0.2, 0.25) is 0 Å². The van der Waals surface area contributed by atoms with Crippen LogP contribution in [0, 0.1) is 21.4 Å². The lowest BCUT2D eigenvalue weighted by Gasteiger charge is -2.06. The summed E-state index contributed by atoms with van der Waals surface area (Å²) in [5.41, 5.74) is -1.60. The molecular weight excluding hydrogens is 305 g/mol. The van der Waals surface area contributed by atoms with E-state index in [1.807, 2.05) is 0 Å². The first-order valence-electron chi connectivity index (χ1n) is 5.70. The molecule has 0 bridgehead atoms. The summed E-state index contributed by atoms with van der Waals surface area (Å²) < 4.78 is 43.6. The van der Waals surface area contributed by atoms with Crippen molar-refractivity contribution in [1.82, 2.24) is 9.78 Å². The average Bonchev–Trinajstić information content (AvgIpc) is 2.80. The Hall–Kier alpha value is -3.09. The molecular formula is C12H7F3N4O3. The zero-order valence-electron chi connectivity index (χ0n) is 11.0. The Morgan fingerprint density at radius 3 is 2.59 bits per heavy atom. The summed E-state index contributed by atoms with van der Waals surface area (Å²) in [5, 5.41) is 22.9. The number of nitriles is 1. The highest BCUT2D eigenvalue weighted by atomic mass is 19.4. The normalized spacial score (nSPS) is 11.0. The van der Waals surface area contributed by atoms with E-state index in [4.69, 9.17) is 10.00 Å². The SMILES string of the molecule is Cn1nc(C(F)(F)F)cc1Oc1cc(C#N)ccc1[N+](=O)[O-]. The molecule has 0 N–H and O–H groups in total. The highest BCUT2D eigenvalue weighted by Gasteiger charge is 2.35. The first kappa shape index (κ1) is 15.3. The minimum absolute atomic E-state index is 0.0683. The highest BCUT2D eigenvalue weighted by molar-refractivity contribution is 5.52. The van der Waals surface area contributed by atoms with Gasteiger partial charge in [0.05, 0.1) is 16.6 Å². The fraction of sp³-hybridized carbons (Fsp3) is 0.167. The summed E-state index contributed by atoms with van der Waals surface area (Å²) in [5.74, 6) is -0.689. The van der Waals surface area contributed by atoms with Gasteiger partial charge in [-0.3, -0.25) is 10.1 Å². The second-order valence-electron chi connectivity index (χ2n) is 4.14. The number of nitrogens with zero attached hydrogens (tertiary/aromatic N) is 4. The maximum atomic E-state index is 12.6. The average molecular weight is 312 g/mol. The summed E-state index contributed by atoms with van der Waals surface area (Å²) >= 11 is 0. The summed E-state index contributed by atoms with van der Waals surface area (Å²) in [7, 11) is 1.20. The van der Waals surface area contributed by atoms with Crippen LogP contribution in [0.25, 0.3) is 0 Å². The summed E-state index contributed by atoms with van der Waals surface area (Å²) in [4.78, 5) is 10.1. The standard InChI is InChI=1S/C12H7F3N4O3/c1-18-11(5-10(17-18)12(13,14)15)22-9-4-7(6-16)2-3-8(9)19(20)21/h2-5H,1H3. The smallest absolute Gasteiger partial charge is 0.432 e. The van der Waals surface area contributed by atoms with Crippen LogP contribution in [0.4, 0.5) is 18.9 Å². The zero-order chi connectivity index (χ0) is 16.5. The van der Waals surface area contributed by atoms with Crippen LogP contribution in [0.15, 0.2) is 24.3 Å². The third-order valence-electron chi connectivity index (χ3n) is 2.63. The second-order valence-corrected chi connectivity index (χ2v) is 4.14. The predicted octanol–water partition coefficient (Wildman–Crippen LogP) is 3.01. The van der Waals surface area contributed by atoms with E-state index in [0.717, 1.165) is 16.8 Å². The van der Waals surface area contributed by atoms with Crippen LogP contribution in [-0.2, 0) is 13.2 Å². The van der Waals surface area contributed by atoms with Crippen LogP contribution in [0.1, 0.15) is 11.3 Å². The number of benzene rings is 1. The molecule has 0 saturated carbocycles. The molecule has 0 aliphatic carbocycles. The van der Waals surface area contributed by atoms with E-state index >= 15 is 0 Å². The Morgan fingerprint density at radius 1 is 1.41 bits per heavy atom. The van der Waals surface area contributed by atoms with Crippen LogP contribution >= 0.6 is 0 Å². The van der Waals surface area contributed by atoms with Gasteiger partial charge in [0, 0.05) is 25.2 Å². The van der Waals surface area contributed by atoms with E-state index in [0.29, 0.717) is 6.07 Å². The molecule has 22 heavy (non-hydrogen) atoms. The predicted molar refractivity (Wildman–Crippen MR) is 66.1 cm³/mol. The number of halogens is 3. The Kier molecular flexibility index (Phi) is 3.73. The number of alkyl halides is 3. The number of ether oxygens (including phenoxy) is 1. The molecule has 2 aromatic rings. The lowest BCUT2D eigenvalue weighted by atomic mass is 10.2. The molecule has 0 radical (unpaired) electrons. The van der Waals surface area contributed by atoms with E-state index < -0.39 is 22.5 Å². The fourth-order valence-corrected chi connectivity index (χ4v) is 1.61. The molecule has 114 valence electrons. The number of hydrogen-bond acceptors (Lipinski definition) is 5. The molecule has 10 heteroatoms. The van der Waals surface area contributed by atoms with Gasteiger partial charge >= 0.3 is 11.9 Å². The molecule has 2 rings (SSSR count). The molecule has 0 fully saturated rings. The first-order chi connectivity index (χ1) is 10.2. The number of nitro groups is 1. The molecule has 0 amide bonds. The van der Waals surface area contributed by atoms with Crippen molar-refractivity contribution in [3.63, 3.8) is 0 Å². The van der Waals surface area contributed by atoms with Crippen molar-refractivity contribution in [2.45, 2.75) is 6.18 Å². The lowest BCUT2D eigenvalue weighted by molar-refractivity contribution is -0.385. The van der Waals surface area contributed by atoms with Crippen LogP contribution in [0.3, 0.4) is 0 Å². The van der Waals surface area contributed by atoms with Gasteiger partial charge in [0.2, 0.25) is 11.6 Å². The summed E-state index contributed by atoms with van der Waals surface area (Å²) in [6.07, 6.45) is -4.67. The van der Waals surface area contributed by atoms with Gasteiger partial charge < -0.3 is 4.74 Å². The Labute approximate surface area is 121 Å². The number of aromatic nitrogens is 2. The summed E-state index contributed by atoms with van der Waals surface area (Å²) in [6.45, 7) is 0. The first-order valence-corrected chi connectivity index (χ1v) is 5.70. The highest BCUT2D eigenvalue weighted by Crippen LogP contribution is 2.35. The van der Waals surface area contributed by atoms with Crippen molar-refractivity contribution >= 4 is 5.69 Å². The number of hydrogen-bond donors (Lipinski definition) is 0. The monoisotopic (exact) mass is 312 g/mol. The van der Waals surface area contributed by atoms with E-state index in [9.17, 15) is 23.3 Å².